The lowest BCUT2D eigenvalue weighted by Gasteiger charge is -2.19. The molecule has 2 amide bonds. The van der Waals surface area contributed by atoms with Crippen molar-refractivity contribution in [1.29, 1.82) is 0 Å². The molecule has 46 heavy (non-hydrogen) atoms. The van der Waals surface area contributed by atoms with E-state index in [1.54, 1.807) is 55.1 Å². The molecule has 0 bridgehead atoms. The number of hydrogen-bond donors (Lipinski definition) is 2. The van der Waals surface area contributed by atoms with Crippen molar-refractivity contribution in [2.75, 3.05) is 5.01 Å². The summed E-state index contributed by atoms with van der Waals surface area (Å²) < 4.78 is 3.17. The molecule has 4 aromatic rings. The van der Waals surface area contributed by atoms with Crippen molar-refractivity contribution in [3.8, 4) is 5.69 Å². The number of thioether (sulfide) groups is 1. The number of hydrazone groups is 1. The van der Waals surface area contributed by atoms with E-state index in [4.69, 9.17) is 24.4 Å². The number of thiocarbonyl (C=S) groups is 2. The Balaban J connectivity index is 1.44. The van der Waals surface area contributed by atoms with Gasteiger partial charge in [0.25, 0.3) is 17.4 Å². The molecule has 1 aromatic heterocycles. The molecule has 0 spiro atoms. The van der Waals surface area contributed by atoms with E-state index >= 15 is 0 Å². The number of aryl methyl sites for hydroxylation is 2. The third kappa shape index (κ3) is 7.25. The van der Waals surface area contributed by atoms with Crippen LogP contribution in [-0.2, 0) is 7.05 Å². The Labute approximate surface area is 279 Å². The van der Waals surface area contributed by atoms with Crippen molar-refractivity contribution in [2.24, 2.45) is 22.1 Å². The predicted octanol–water partition coefficient (Wildman–Crippen LogP) is 4.82. The first-order valence-corrected chi connectivity index (χ1v) is 15.5. The standard InChI is InChI=1S/C32H28N8O3S3/c1-19-10-14-22(15-11-19)27(41)34-30(44)36-31-33-18-25(46-31)37-39(32(45)35-28(42)23-16-12-20(2)13-17-23)26-21(3)38(4)40(29(26)43)24-8-6-5-7-9-24/h5-18H,1-4H3,(H,34,41,44)(H,35,42,45)/b36-31-,37-25+. The number of carbonyl (C=O) groups is 2. The third-order valence-electron chi connectivity index (χ3n) is 6.87. The van der Waals surface area contributed by atoms with Crippen molar-refractivity contribution in [3.05, 3.63) is 117 Å². The van der Waals surface area contributed by atoms with Crippen LogP contribution in [0.4, 0.5) is 5.69 Å². The summed E-state index contributed by atoms with van der Waals surface area (Å²) in [6.45, 7) is 5.60. The van der Waals surface area contributed by atoms with Gasteiger partial charge in [-0.05, 0) is 93.4 Å². The number of hydrogen-bond acceptors (Lipinski definition) is 7. The highest BCUT2D eigenvalue weighted by Crippen LogP contribution is 2.22. The van der Waals surface area contributed by atoms with Gasteiger partial charge in [-0.3, -0.25) is 29.7 Å². The van der Waals surface area contributed by atoms with Crippen LogP contribution >= 0.6 is 36.2 Å². The van der Waals surface area contributed by atoms with Crippen LogP contribution in [-0.4, -0.2) is 47.8 Å². The van der Waals surface area contributed by atoms with E-state index < -0.39 is 17.4 Å². The fourth-order valence-electron chi connectivity index (χ4n) is 4.36. The number of nitrogens with one attached hydrogen (secondary N) is 2. The van der Waals surface area contributed by atoms with E-state index in [-0.39, 0.29) is 21.1 Å². The molecule has 0 saturated carbocycles. The van der Waals surface area contributed by atoms with Gasteiger partial charge in [0.15, 0.2) is 10.9 Å². The van der Waals surface area contributed by atoms with Gasteiger partial charge in [0.2, 0.25) is 10.2 Å². The molecular weight excluding hydrogens is 641 g/mol. The van der Waals surface area contributed by atoms with Gasteiger partial charge >= 0.3 is 0 Å². The molecule has 3 aromatic carbocycles. The molecule has 0 unspecified atom stereocenters. The number of anilines is 1. The van der Waals surface area contributed by atoms with E-state index in [1.807, 2.05) is 56.3 Å². The van der Waals surface area contributed by atoms with Crippen molar-refractivity contribution in [1.82, 2.24) is 20.0 Å². The monoisotopic (exact) mass is 668 g/mol. The highest BCUT2D eigenvalue weighted by Gasteiger charge is 2.27. The number of amidine groups is 1. The van der Waals surface area contributed by atoms with Crippen LogP contribution in [0.1, 0.15) is 37.5 Å². The van der Waals surface area contributed by atoms with Crippen LogP contribution in [0.5, 0.6) is 0 Å². The summed E-state index contributed by atoms with van der Waals surface area (Å²) in [5.74, 6) is -0.859. The van der Waals surface area contributed by atoms with Gasteiger partial charge in [0.05, 0.1) is 17.6 Å². The summed E-state index contributed by atoms with van der Waals surface area (Å²) in [4.78, 5) is 48.1. The lowest BCUT2D eigenvalue weighted by atomic mass is 10.1. The SMILES string of the molecule is Cc1ccc(C(=O)NC(=S)/N=C2N=C/C(=N\N(C(=S)NC(=O)c3ccc(C)cc3)c3c(C)n(C)n(-c4ccccc4)c3=O)S/2)cc1. The fourth-order valence-corrected chi connectivity index (χ4v) is 5.48. The van der Waals surface area contributed by atoms with Crippen LogP contribution in [0, 0.1) is 20.8 Å². The van der Waals surface area contributed by atoms with Gasteiger partial charge in [-0.15, -0.1) is 0 Å². The molecule has 0 aliphatic carbocycles. The zero-order valence-electron chi connectivity index (χ0n) is 25.2. The Morgan fingerprint density at radius 2 is 1.41 bits per heavy atom. The number of benzene rings is 3. The van der Waals surface area contributed by atoms with Gasteiger partial charge in [-0.1, -0.05) is 53.6 Å². The van der Waals surface area contributed by atoms with Crippen molar-refractivity contribution < 1.29 is 9.59 Å². The topological polar surface area (TPSA) is 125 Å². The van der Waals surface area contributed by atoms with Gasteiger partial charge < -0.3 is 0 Å². The van der Waals surface area contributed by atoms with Crippen LogP contribution in [0.2, 0.25) is 0 Å². The molecule has 1 aliphatic rings. The van der Waals surface area contributed by atoms with Crippen LogP contribution in [0.25, 0.3) is 5.69 Å². The maximum absolute atomic E-state index is 13.9. The zero-order chi connectivity index (χ0) is 33.0. The number of para-hydroxylation sites is 1. The van der Waals surface area contributed by atoms with E-state index in [9.17, 15) is 14.4 Å². The smallest absolute Gasteiger partial charge is 0.297 e. The number of nitrogens with zero attached hydrogens (tertiary/aromatic N) is 6. The third-order valence-corrected chi connectivity index (χ3v) is 8.12. The van der Waals surface area contributed by atoms with Gasteiger partial charge in [-0.25, -0.2) is 9.67 Å². The second-order valence-electron chi connectivity index (χ2n) is 10.2. The maximum atomic E-state index is 13.9. The molecule has 1 aliphatic heterocycles. The molecule has 0 fully saturated rings. The quantitative estimate of drug-likeness (QED) is 0.231. The second kappa shape index (κ2) is 13.9. The minimum absolute atomic E-state index is 0.0751. The van der Waals surface area contributed by atoms with Crippen LogP contribution < -0.4 is 21.2 Å². The number of rotatable bonds is 5. The summed E-state index contributed by atoms with van der Waals surface area (Å²) >= 11 is 12.0. The van der Waals surface area contributed by atoms with Crippen LogP contribution in [0.3, 0.4) is 0 Å². The molecule has 5 rings (SSSR count). The summed E-state index contributed by atoms with van der Waals surface area (Å²) in [6, 6.07) is 23.2. The van der Waals surface area contributed by atoms with Crippen LogP contribution in [0.15, 0.2) is 98.7 Å². The second-order valence-corrected chi connectivity index (χ2v) is 11.9. The minimum Gasteiger partial charge on any atom is -0.297 e. The Kier molecular flexibility index (Phi) is 9.80. The van der Waals surface area contributed by atoms with E-state index in [0.29, 0.717) is 27.6 Å². The first-order chi connectivity index (χ1) is 22.0. The normalized spacial score (nSPS) is 14.0. The molecule has 0 saturated heterocycles. The number of carbonyl (C=O) groups excluding carboxylic acids is 2. The summed E-state index contributed by atoms with van der Waals surface area (Å²) in [5.41, 5.74) is 3.75. The molecule has 0 atom stereocenters. The highest BCUT2D eigenvalue weighted by atomic mass is 32.2. The lowest BCUT2D eigenvalue weighted by Crippen LogP contribution is -2.42. The lowest BCUT2D eigenvalue weighted by molar-refractivity contribution is 0.0969. The zero-order valence-corrected chi connectivity index (χ0v) is 27.7. The Bertz CT molecular complexity index is 1990. The van der Waals surface area contributed by atoms with E-state index in [0.717, 1.165) is 22.9 Å². The molecule has 0 radical (unpaired) electrons. The Morgan fingerprint density at radius 1 is 0.848 bits per heavy atom. The Hall–Kier alpha value is -5.05. The number of aromatic nitrogens is 2. The average Bonchev–Trinajstić information content (AvgIpc) is 3.56. The first-order valence-electron chi connectivity index (χ1n) is 13.9. The minimum atomic E-state index is -0.461. The summed E-state index contributed by atoms with van der Waals surface area (Å²) in [5, 5.41) is 11.4. The summed E-state index contributed by atoms with van der Waals surface area (Å²) in [7, 11) is 1.74. The molecule has 14 heteroatoms. The summed E-state index contributed by atoms with van der Waals surface area (Å²) in [6.07, 6.45) is 1.43. The molecule has 2 N–H and O–H groups in total. The first kappa shape index (κ1) is 32.3. The van der Waals surface area contributed by atoms with Gasteiger partial charge in [0, 0.05) is 18.2 Å². The van der Waals surface area contributed by atoms with E-state index in [2.05, 4.69) is 25.7 Å². The highest BCUT2D eigenvalue weighted by molar-refractivity contribution is 8.28. The fraction of sp³-hybridized carbons (Fsp3) is 0.125. The number of aliphatic imine (C=N–C) groups is 2. The molecule has 11 nitrogen and oxygen atoms in total. The van der Waals surface area contributed by atoms with Gasteiger partial charge in [-0.2, -0.15) is 15.1 Å². The average molecular weight is 669 g/mol. The molecule has 2 heterocycles. The Morgan fingerprint density at radius 3 is 2.00 bits per heavy atom. The molecule has 232 valence electrons. The number of amides is 2. The largest absolute Gasteiger partial charge is 0.297 e. The van der Waals surface area contributed by atoms with Crippen molar-refractivity contribution in [2.45, 2.75) is 20.8 Å². The maximum Gasteiger partial charge on any atom is 0.297 e. The van der Waals surface area contributed by atoms with E-state index in [1.165, 1.54) is 15.9 Å². The van der Waals surface area contributed by atoms with Crippen molar-refractivity contribution >= 4 is 80.4 Å². The predicted molar refractivity (Wildman–Crippen MR) is 192 cm³/mol. The molecular formula is C32H28N8O3S3. The van der Waals surface area contributed by atoms with Crippen molar-refractivity contribution in [3.63, 3.8) is 0 Å². The van der Waals surface area contributed by atoms with Gasteiger partial charge in [0.1, 0.15) is 5.04 Å².